The second-order valence-electron chi connectivity index (χ2n) is 14.6. The molecule has 15 heteroatoms. The molecule has 302 valence electrons. The first-order valence-electron chi connectivity index (χ1n) is 19.4. The molecule has 2 fully saturated rings. The van der Waals surface area contributed by atoms with Gasteiger partial charge < -0.3 is 42.7 Å². The monoisotopic (exact) mass is 780 g/mol. The minimum atomic E-state index is -1.43. The zero-order valence-electron chi connectivity index (χ0n) is 31.8. The van der Waals surface area contributed by atoms with Crippen molar-refractivity contribution in [1.82, 2.24) is 26.2 Å². The van der Waals surface area contributed by atoms with Gasteiger partial charge >= 0.3 is 5.97 Å². The fourth-order valence-corrected chi connectivity index (χ4v) is 7.67. The maximum Gasteiger partial charge on any atom is 0.305 e. The fraction of sp³-hybridized carbons (Fsp3) is 0.405. The van der Waals surface area contributed by atoms with Crippen LogP contribution in [0.4, 0.5) is 0 Å². The maximum absolute atomic E-state index is 14.3. The van der Waals surface area contributed by atoms with Crippen molar-refractivity contribution in [2.75, 3.05) is 13.1 Å². The number of nitrogens with zero attached hydrogens (tertiary/aromatic N) is 2. The van der Waals surface area contributed by atoms with Crippen molar-refractivity contribution in [3.8, 4) is 0 Å². The molecule has 2 saturated heterocycles. The van der Waals surface area contributed by atoms with Crippen molar-refractivity contribution in [1.29, 1.82) is 0 Å². The number of carboxylic acid groups (broad SMARTS) is 1. The average molecular weight is 781 g/mol. The van der Waals surface area contributed by atoms with Gasteiger partial charge in [0.15, 0.2) is 5.96 Å². The Morgan fingerprint density at radius 1 is 0.807 bits per heavy atom. The Hall–Kier alpha value is -6.25. The number of rotatable bonds is 19. The van der Waals surface area contributed by atoms with Gasteiger partial charge in [-0.25, -0.2) is 0 Å². The number of hydrogen-bond acceptors (Lipinski definition) is 7. The molecule has 0 saturated carbocycles. The van der Waals surface area contributed by atoms with E-state index in [9.17, 15) is 33.9 Å². The van der Waals surface area contributed by atoms with Crippen molar-refractivity contribution in [3.05, 3.63) is 108 Å². The first kappa shape index (κ1) is 41.9. The standard InChI is InChI=1S/C42H52N8O7/c43-42(44)46-21-10-17-31(39(55)49-33(26-37(52)53)38(54)45-22-20-27-11-4-1-5-12-27)48-40(56)35-25-30(23-28-13-6-2-7-14-28)34-19-18-32(41(57)50(34)35)47-36(51)24-29-15-8-3-9-16-29/h1-9,11-16,30-35H,10,17-26H2,(H,45,54)(H,47,51)(H,48,56)(H,49,55)(H,52,53)(H4,43,44,46)/t30-,31+,32-,33-,34?,35+/m1/s1. The Morgan fingerprint density at radius 2 is 1.44 bits per heavy atom. The van der Waals surface area contributed by atoms with Gasteiger partial charge in [-0.15, -0.1) is 0 Å². The molecule has 2 aliphatic heterocycles. The van der Waals surface area contributed by atoms with Crippen molar-refractivity contribution >= 4 is 41.5 Å². The molecule has 0 bridgehead atoms. The third kappa shape index (κ3) is 12.4. The van der Waals surface area contributed by atoms with Crippen molar-refractivity contribution in [2.24, 2.45) is 22.4 Å². The second kappa shape index (κ2) is 20.6. The number of guanidine groups is 1. The molecule has 5 amide bonds. The number of carbonyl (C=O) groups is 6. The summed E-state index contributed by atoms with van der Waals surface area (Å²) in [5.41, 5.74) is 13.8. The summed E-state index contributed by atoms with van der Waals surface area (Å²) in [5, 5.41) is 20.5. The van der Waals surface area contributed by atoms with E-state index in [2.05, 4.69) is 26.3 Å². The van der Waals surface area contributed by atoms with Crippen molar-refractivity contribution in [2.45, 2.75) is 88.0 Å². The van der Waals surface area contributed by atoms with Crippen LogP contribution in [0.5, 0.6) is 0 Å². The summed E-state index contributed by atoms with van der Waals surface area (Å²) in [5.74, 6) is -4.25. The molecule has 15 nitrogen and oxygen atoms in total. The first-order chi connectivity index (χ1) is 27.5. The number of aliphatic carboxylic acids is 1. The van der Waals surface area contributed by atoms with E-state index in [4.69, 9.17) is 11.5 Å². The van der Waals surface area contributed by atoms with Crippen LogP contribution in [-0.2, 0) is 48.0 Å². The zero-order chi connectivity index (χ0) is 40.7. The molecule has 2 heterocycles. The summed E-state index contributed by atoms with van der Waals surface area (Å²) in [7, 11) is 0. The van der Waals surface area contributed by atoms with Gasteiger partial charge in [0.2, 0.25) is 29.5 Å². The largest absolute Gasteiger partial charge is 0.481 e. The molecular formula is C42H52N8O7. The predicted molar refractivity (Wildman–Crippen MR) is 213 cm³/mol. The number of nitrogens with one attached hydrogen (secondary N) is 4. The lowest BCUT2D eigenvalue weighted by atomic mass is 9.86. The fourth-order valence-electron chi connectivity index (χ4n) is 7.67. The predicted octanol–water partition coefficient (Wildman–Crippen LogP) is 1.19. The highest BCUT2D eigenvalue weighted by molar-refractivity contribution is 5.97. The van der Waals surface area contributed by atoms with Gasteiger partial charge in [-0.2, -0.15) is 0 Å². The Balaban J connectivity index is 1.32. The van der Waals surface area contributed by atoms with Crippen LogP contribution in [0.1, 0.15) is 55.2 Å². The van der Waals surface area contributed by atoms with Crippen LogP contribution in [0, 0.1) is 5.92 Å². The zero-order valence-corrected chi connectivity index (χ0v) is 31.8. The van der Waals surface area contributed by atoms with Crippen LogP contribution in [0.15, 0.2) is 96.0 Å². The van der Waals surface area contributed by atoms with Gasteiger partial charge in [0, 0.05) is 19.1 Å². The summed E-state index contributed by atoms with van der Waals surface area (Å²) >= 11 is 0. The lowest BCUT2D eigenvalue weighted by Gasteiger charge is -2.39. The summed E-state index contributed by atoms with van der Waals surface area (Å²) in [6, 6.07) is 23.6. The van der Waals surface area contributed by atoms with Crippen LogP contribution < -0.4 is 32.7 Å². The second-order valence-corrected chi connectivity index (χ2v) is 14.6. The average Bonchev–Trinajstić information content (AvgIpc) is 3.56. The van der Waals surface area contributed by atoms with Crippen LogP contribution in [0.25, 0.3) is 0 Å². The molecule has 0 aliphatic carbocycles. The molecule has 3 aromatic carbocycles. The summed E-state index contributed by atoms with van der Waals surface area (Å²) in [6.45, 7) is 0.345. The van der Waals surface area contributed by atoms with Crippen LogP contribution in [0.2, 0.25) is 0 Å². The SMILES string of the molecule is NC(N)=NCCC[C@H](NC(=O)[C@@H]1C[C@@H](Cc2ccccc2)C2CC[C@@H](NC(=O)Cc3ccccc3)C(=O)N21)C(=O)N[C@H](CC(=O)O)C(=O)NCCc1ccccc1. The molecule has 0 radical (unpaired) electrons. The number of benzene rings is 3. The third-order valence-electron chi connectivity index (χ3n) is 10.4. The molecule has 5 rings (SSSR count). The third-order valence-corrected chi connectivity index (χ3v) is 10.4. The lowest BCUT2D eigenvalue weighted by Crippen LogP contribution is -2.61. The number of aliphatic imine (C=N–C) groups is 1. The number of carboxylic acids is 1. The number of piperidine rings is 1. The normalized spacial score (nSPS) is 19.6. The first-order valence-corrected chi connectivity index (χ1v) is 19.4. The van der Waals surface area contributed by atoms with Gasteiger partial charge in [0.05, 0.1) is 12.8 Å². The minimum Gasteiger partial charge on any atom is -0.481 e. The number of amides is 5. The molecule has 3 aromatic rings. The Kier molecular flexibility index (Phi) is 15.1. The van der Waals surface area contributed by atoms with E-state index in [0.29, 0.717) is 32.1 Å². The molecule has 9 N–H and O–H groups in total. The van der Waals surface area contributed by atoms with Gasteiger partial charge in [0.25, 0.3) is 0 Å². The highest BCUT2D eigenvalue weighted by Crippen LogP contribution is 2.39. The quantitative estimate of drug-likeness (QED) is 0.0525. The summed E-state index contributed by atoms with van der Waals surface area (Å²) in [6.07, 6.45) is 2.09. The van der Waals surface area contributed by atoms with Crippen molar-refractivity contribution < 1.29 is 33.9 Å². The Morgan fingerprint density at radius 3 is 2.07 bits per heavy atom. The summed E-state index contributed by atoms with van der Waals surface area (Å²) in [4.78, 5) is 86.0. The van der Waals surface area contributed by atoms with Gasteiger partial charge in [-0.1, -0.05) is 91.0 Å². The Labute approximate surface area is 332 Å². The molecule has 57 heavy (non-hydrogen) atoms. The topological polar surface area (TPSA) is 238 Å². The van der Waals surface area contributed by atoms with Crippen molar-refractivity contribution in [3.63, 3.8) is 0 Å². The number of nitrogens with two attached hydrogens (primary N) is 2. The molecule has 1 unspecified atom stereocenters. The highest BCUT2D eigenvalue weighted by atomic mass is 16.4. The summed E-state index contributed by atoms with van der Waals surface area (Å²) < 4.78 is 0. The number of carbonyl (C=O) groups excluding carboxylic acids is 5. The highest BCUT2D eigenvalue weighted by Gasteiger charge is 2.51. The van der Waals surface area contributed by atoms with E-state index in [0.717, 1.165) is 16.7 Å². The number of fused-ring (bicyclic) bond motifs is 1. The van der Waals surface area contributed by atoms with Gasteiger partial charge in [0.1, 0.15) is 24.2 Å². The lowest BCUT2D eigenvalue weighted by molar-refractivity contribution is -0.147. The smallest absolute Gasteiger partial charge is 0.305 e. The molecule has 0 aromatic heterocycles. The van der Waals surface area contributed by atoms with E-state index in [-0.39, 0.29) is 62.1 Å². The van der Waals surface area contributed by atoms with E-state index in [1.165, 1.54) is 0 Å². The number of hydrogen-bond donors (Lipinski definition) is 7. The maximum atomic E-state index is 14.3. The Bertz CT molecular complexity index is 1870. The van der Waals surface area contributed by atoms with Gasteiger partial charge in [-0.05, 0) is 67.6 Å². The minimum absolute atomic E-state index is 0.0411. The molecule has 6 atom stereocenters. The molecule has 0 spiro atoms. The van der Waals surface area contributed by atoms with Crippen LogP contribution >= 0.6 is 0 Å². The molecule has 2 aliphatic rings. The van der Waals surface area contributed by atoms with E-state index in [1.54, 1.807) is 4.90 Å². The van der Waals surface area contributed by atoms with E-state index in [1.807, 2.05) is 91.0 Å². The van der Waals surface area contributed by atoms with E-state index < -0.39 is 54.3 Å². The van der Waals surface area contributed by atoms with E-state index >= 15 is 0 Å². The van der Waals surface area contributed by atoms with Crippen LogP contribution in [-0.4, -0.2) is 94.8 Å². The molecular weight excluding hydrogens is 729 g/mol. The van der Waals surface area contributed by atoms with Gasteiger partial charge in [-0.3, -0.25) is 33.8 Å². The van der Waals surface area contributed by atoms with Crippen LogP contribution in [0.3, 0.4) is 0 Å².